The minimum absolute atomic E-state index is 0.0632. The van der Waals surface area contributed by atoms with Gasteiger partial charge in [0.1, 0.15) is 5.54 Å². The Bertz CT molecular complexity index is 557. The summed E-state index contributed by atoms with van der Waals surface area (Å²) in [6.07, 6.45) is 3.26. The quantitative estimate of drug-likeness (QED) is 0.849. The lowest BCUT2D eigenvalue weighted by Gasteiger charge is -2.43. The molecule has 1 atom stereocenters. The number of nitriles is 1. The van der Waals surface area contributed by atoms with Crippen molar-refractivity contribution in [2.75, 3.05) is 6.54 Å². The Kier molecular flexibility index (Phi) is 4.87. The summed E-state index contributed by atoms with van der Waals surface area (Å²) in [6, 6.07) is 12.5. The molecular weight excluding hydrogens is 274 g/mol. The van der Waals surface area contributed by atoms with Crippen LogP contribution in [-0.2, 0) is 10.3 Å². The highest BCUT2D eigenvalue weighted by atomic mass is 16.2. The molecule has 4 heteroatoms. The third kappa shape index (κ3) is 3.31. The number of carbonyl (C=O) groups is 1. The minimum Gasteiger partial charge on any atom is -0.337 e. The highest BCUT2D eigenvalue weighted by Crippen LogP contribution is 2.40. The fraction of sp³-hybridized carbons (Fsp3) is 0.556. The van der Waals surface area contributed by atoms with Gasteiger partial charge in [0.15, 0.2) is 0 Å². The first kappa shape index (κ1) is 16.5. The van der Waals surface area contributed by atoms with Crippen molar-refractivity contribution in [1.82, 2.24) is 10.6 Å². The van der Waals surface area contributed by atoms with Gasteiger partial charge in [0.2, 0.25) is 5.91 Å². The minimum atomic E-state index is -0.821. The van der Waals surface area contributed by atoms with E-state index in [1.54, 1.807) is 6.92 Å². The van der Waals surface area contributed by atoms with E-state index in [0.717, 1.165) is 12.8 Å². The topological polar surface area (TPSA) is 64.9 Å². The van der Waals surface area contributed by atoms with E-state index in [1.165, 1.54) is 12.0 Å². The van der Waals surface area contributed by atoms with Crippen molar-refractivity contribution in [3.05, 3.63) is 35.9 Å². The van der Waals surface area contributed by atoms with Crippen molar-refractivity contribution in [3.63, 3.8) is 0 Å². The smallest absolute Gasteiger partial charge is 0.235 e. The second-order valence-corrected chi connectivity index (χ2v) is 6.67. The highest BCUT2D eigenvalue weighted by molar-refractivity contribution is 5.79. The Morgan fingerprint density at radius 1 is 1.36 bits per heavy atom. The molecule has 1 aromatic carbocycles. The van der Waals surface area contributed by atoms with Crippen LogP contribution in [0.25, 0.3) is 0 Å². The molecule has 0 bridgehead atoms. The molecule has 118 valence electrons. The molecule has 1 amide bonds. The van der Waals surface area contributed by atoms with Crippen LogP contribution < -0.4 is 10.6 Å². The average molecular weight is 299 g/mol. The van der Waals surface area contributed by atoms with Gasteiger partial charge in [0, 0.05) is 5.54 Å². The van der Waals surface area contributed by atoms with Gasteiger partial charge in [-0.25, -0.2) is 0 Å². The van der Waals surface area contributed by atoms with Gasteiger partial charge >= 0.3 is 0 Å². The molecule has 0 saturated heterocycles. The standard InChI is InChI=1S/C18H25N3O/c1-14(2)17(3,13-19)21-16(22)12-20-18(10-7-11-18)15-8-5-4-6-9-15/h4-6,8-9,14,20H,7,10-12H2,1-3H3,(H,21,22). The molecule has 1 unspecified atom stereocenters. The van der Waals surface area contributed by atoms with E-state index in [-0.39, 0.29) is 23.9 Å². The van der Waals surface area contributed by atoms with Crippen molar-refractivity contribution in [2.24, 2.45) is 5.92 Å². The van der Waals surface area contributed by atoms with Gasteiger partial charge in [0.25, 0.3) is 0 Å². The maximum absolute atomic E-state index is 12.2. The maximum Gasteiger partial charge on any atom is 0.235 e. The van der Waals surface area contributed by atoms with E-state index in [9.17, 15) is 10.1 Å². The van der Waals surface area contributed by atoms with E-state index in [1.807, 2.05) is 32.0 Å². The normalized spacial score (nSPS) is 18.9. The third-order valence-electron chi connectivity index (χ3n) is 4.91. The first-order chi connectivity index (χ1) is 10.4. The molecule has 1 fully saturated rings. The van der Waals surface area contributed by atoms with E-state index in [2.05, 4.69) is 28.8 Å². The maximum atomic E-state index is 12.2. The predicted molar refractivity (Wildman–Crippen MR) is 87.0 cm³/mol. The Balaban J connectivity index is 1.97. The lowest BCUT2D eigenvalue weighted by molar-refractivity contribution is -0.122. The summed E-state index contributed by atoms with van der Waals surface area (Å²) < 4.78 is 0. The fourth-order valence-electron chi connectivity index (χ4n) is 2.74. The predicted octanol–water partition coefficient (Wildman–Crippen LogP) is 2.71. The fourth-order valence-corrected chi connectivity index (χ4v) is 2.74. The number of carbonyl (C=O) groups excluding carboxylic acids is 1. The monoisotopic (exact) mass is 299 g/mol. The summed E-state index contributed by atoms with van der Waals surface area (Å²) in [6.45, 7) is 5.88. The summed E-state index contributed by atoms with van der Waals surface area (Å²) >= 11 is 0. The molecule has 0 radical (unpaired) electrons. The van der Waals surface area contributed by atoms with Crippen LogP contribution in [0, 0.1) is 17.2 Å². The Morgan fingerprint density at radius 2 is 2.00 bits per heavy atom. The lowest BCUT2D eigenvalue weighted by Crippen LogP contribution is -2.55. The third-order valence-corrected chi connectivity index (χ3v) is 4.91. The molecule has 0 aromatic heterocycles. The van der Waals surface area contributed by atoms with E-state index >= 15 is 0 Å². The molecule has 1 aliphatic rings. The Hall–Kier alpha value is -1.86. The lowest BCUT2D eigenvalue weighted by atomic mass is 9.72. The molecular formula is C18H25N3O. The summed E-state index contributed by atoms with van der Waals surface area (Å²) in [7, 11) is 0. The van der Waals surface area contributed by atoms with Crippen LogP contribution in [0.3, 0.4) is 0 Å². The molecule has 0 spiro atoms. The summed E-state index contributed by atoms with van der Waals surface area (Å²) in [4.78, 5) is 12.2. The van der Waals surface area contributed by atoms with Gasteiger partial charge in [-0.1, -0.05) is 44.2 Å². The molecule has 1 saturated carbocycles. The second-order valence-electron chi connectivity index (χ2n) is 6.67. The van der Waals surface area contributed by atoms with Crippen LogP contribution >= 0.6 is 0 Å². The number of hydrogen-bond donors (Lipinski definition) is 2. The Morgan fingerprint density at radius 3 is 2.45 bits per heavy atom. The number of amides is 1. The highest BCUT2D eigenvalue weighted by Gasteiger charge is 2.39. The van der Waals surface area contributed by atoms with Crippen LogP contribution in [0.5, 0.6) is 0 Å². The average Bonchev–Trinajstić information content (AvgIpc) is 2.47. The second kappa shape index (κ2) is 6.50. The number of hydrogen-bond acceptors (Lipinski definition) is 3. The molecule has 0 aliphatic heterocycles. The zero-order valence-electron chi connectivity index (χ0n) is 13.6. The van der Waals surface area contributed by atoms with E-state index in [0.29, 0.717) is 0 Å². The number of nitrogens with one attached hydrogen (secondary N) is 2. The van der Waals surface area contributed by atoms with E-state index < -0.39 is 5.54 Å². The summed E-state index contributed by atoms with van der Waals surface area (Å²) in [5.41, 5.74) is 0.332. The number of rotatable bonds is 6. The van der Waals surface area contributed by atoms with Gasteiger partial charge in [-0.15, -0.1) is 0 Å². The van der Waals surface area contributed by atoms with Gasteiger partial charge in [0.05, 0.1) is 12.6 Å². The van der Waals surface area contributed by atoms with Gasteiger partial charge in [-0.2, -0.15) is 5.26 Å². The molecule has 2 rings (SSSR count). The van der Waals surface area contributed by atoms with Crippen molar-refractivity contribution in [2.45, 2.75) is 51.1 Å². The van der Waals surface area contributed by atoms with Crippen LogP contribution in [0.2, 0.25) is 0 Å². The van der Waals surface area contributed by atoms with Crippen LogP contribution in [-0.4, -0.2) is 18.0 Å². The number of nitrogens with zero attached hydrogens (tertiary/aromatic N) is 1. The molecule has 1 aliphatic carbocycles. The largest absolute Gasteiger partial charge is 0.337 e. The zero-order valence-corrected chi connectivity index (χ0v) is 13.6. The molecule has 2 N–H and O–H groups in total. The summed E-state index contributed by atoms with van der Waals surface area (Å²) in [5, 5.41) is 15.5. The number of benzene rings is 1. The molecule has 22 heavy (non-hydrogen) atoms. The SMILES string of the molecule is CC(C)C(C)(C#N)NC(=O)CNC1(c2ccccc2)CCC1. The van der Waals surface area contributed by atoms with Crippen molar-refractivity contribution >= 4 is 5.91 Å². The van der Waals surface area contributed by atoms with Crippen molar-refractivity contribution in [1.29, 1.82) is 5.26 Å². The molecule has 0 heterocycles. The summed E-state index contributed by atoms with van der Waals surface area (Å²) in [5.74, 6) is -0.0619. The van der Waals surface area contributed by atoms with Crippen LogP contribution in [0.15, 0.2) is 30.3 Å². The van der Waals surface area contributed by atoms with Gasteiger partial charge in [-0.05, 0) is 37.7 Å². The molecule has 1 aromatic rings. The van der Waals surface area contributed by atoms with Crippen LogP contribution in [0.4, 0.5) is 0 Å². The van der Waals surface area contributed by atoms with Gasteiger partial charge in [-0.3, -0.25) is 10.1 Å². The Labute approximate surface area is 132 Å². The van der Waals surface area contributed by atoms with Gasteiger partial charge < -0.3 is 5.32 Å². The first-order valence-corrected chi connectivity index (χ1v) is 7.95. The van der Waals surface area contributed by atoms with Crippen LogP contribution in [0.1, 0.15) is 45.6 Å². The van der Waals surface area contributed by atoms with Crippen molar-refractivity contribution < 1.29 is 4.79 Å². The van der Waals surface area contributed by atoms with E-state index in [4.69, 9.17) is 0 Å². The van der Waals surface area contributed by atoms with Crippen molar-refractivity contribution in [3.8, 4) is 6.07 Å². The zero-order chi connectivity index (χ0) is 16.2. The molecule has 4 nitrogen and oxygen atoms in total. The first-order valence-electron chi connectivity index (χ1n) is 7.95.